The van der Waals surface area contributed by atoms with Gasteiger partial charge in [0.2, 0.25) is 0 Å². The number of esters is 1. The highest BCUT2D eigenvalue weighted by Gasteiger charge is 2.14. The van der Waals surface area contributed by atoms with Crippen molar-refractivity contribution in [1.29, 1.82) is 0 Å². The molecule has 0 aromatic heterocycles. The lowest BCUT2D eigenvalue weighted by molar-refractivity contribution is -0.890. The highest BCUT2D eigenvalue weighted by Crippen LogP contribution is 2.07. The van der Waals surface area contributed by atoms with E-state index >= 15 is 0 Å². The largest absolute Gasteiger partial charge is 0.481 e. The average Bonchev–Trinajstić information content (AvgIpc) is 2.33. The van der Waals surface area contributed by atoms with Crippen LogP contribution in [0, 0.1) is 0 Å². The molecule has 0 atom stereocenters. The third kappa shape index (κ3) is 10.6. The predicted octanol–water partition coefficient (Wildman–Crippen LogP) is 2.22. The van der Waals surface area contributed by atoms with Gasteiger partial charge in [0.25, 0.3) is 0 Å². The molecule has 0 rings (SSSR count). The maximum Gasteiger partial charge on any atom is 0.333 e. The molecule has 5 heteroatoms. The van der Waals surface area contributed by atoms with Gasteiger partial charge in [-0.15, -0.1) is 0 Å². The van der Waals surface area contributed by atoms with E-state index in [-0.39, 0.29) is 12.4 Å². The Labute approximate surface area is 121 Å². The van der Waals surface area contributed by atoms with Gasteiger partial charge >= 0.3 is 11.9 Å². The number of unbranched alkanes of at least 4 members (excludes halogenated alkanes) is 2. The zero-order valence-corrected chi connectivity index (χ0v) is 13.0. The number of carbonyl (C=O) groups excluding carboxylic acids is 1. The normalized spacial score (nSPS) is 11.2. The van der Waals surface area contributed by atoms with E-state index in [1.807, 2.05) is 0 Å². The fourth-order valence-electron chi connectivity index (χ4n) is 1.89. The molecule has 0 saturated heterocycles. The Morgan fingerprint density at radius 2 is 1.70 bits per heavy atom. The van der Waals surface area contributed by atoms with Crippen molar-refractivity contribution in [2.24, 2.45) is 0 Å². The van der Waals surface area contributed by atoms with E-state index < -0.39 is 5.97 Å². The van der Waals surface area contributed by atoms with Crippen LogP contribution in [0.3, 0.4) is 0 Å². The van der Waals surface area contributed by atoms with Crippen LogP contribution >= 0.6 is 0 Å². The highest BCUT2D eigenvalue weighted by molar-refractivity contribution is 5.86. The van der Waals surface area contributed by atoms with Crippen molar-refractivity contribution in [1.82, 2.24) is 0 Å². The molecule has 0 aliphatic rings. The molecular formula is C15H28NO4+. The first kappa shape index (κ1) is 18.6. The van der Waals surface area contributed by atoms with E-state index in [9.17, 15) is 9.59 Å². The number of hydrogen-bond acceptors (Lipinski definition) is 3. The fourth-order valence-corrected chi connectivity index (χ4v) is 1.89. The lowest BCUT2D eigenvalue weighted by atomic mass is 10.2. The summed E-state index contributed by atoms with van der Waals surface area (Å²) in [6.07, 6.45) is 3.78. The second-order valence-electron chi connectivity index (χ2n) is 5.86. The van der Waals surface area contributed by atoms with Crippen LogP contribution < -0.4 is 0 Å². The van der Waals surface area contributed by atoms with Crippen molar-refractivity contribution in [3.8, 4) is 0 Å². The molecule has 116 valence electrons. The van der Waals surface area contributed by atoms with Gasteiger partial charge in [0.05, 0.1) is 33.8 Å². The Kier molecular flexibility index (Phi) is 8.88. The molecule has 0 aliphatic heterocycles. The third-order valence-electron chi connectivity index (χ3n) is 3.14. The number of ether oxygens (including phenoxy) is 1. The average molecular weight is 286 g/mol. The van der Waals surface area contributed by atoms with Gasteiger partial charge in [0.1, 0.15) is 0 Å². The molecule has 0 radical (unpaired) electrons. The molecule has 0 fully saturated rings. The zero-order chi connectivity index (χ0) is 15.6. The first-order chi connectivity index (χ1) is 9.24. The number of carboxylic acids is 1. The van der Waals surface area contributed by atoms with Gasteiger partial charge in [-0.05, 0) is 26.2 Å². The summed E-state index contributed by atoms with van der Waals surface area (Å²) in [5.41, 5.74) is 0.428. The van der Waals surface area contributed by atoms with Crippen molar-refractivity contribution in [3.63, 3.8) is 0 Å². The minimum atomic E-state index is -0.724. The molecule has 20 heavy (non-hydrogen) atoms. The predicted molar refractivity (Wildman–Crippen MR) is 78.3 cm³/mol. The van der Waals surface area contributed by atoms with E-state index in [1.54, 1.807) is 6.92 Å². The zero-order valence-electron chi connectivity index (χ0n) is 13.0. The van der Waals surface area contributed by atoms with Crippen LogP contribution in [-0.4, -0.2) is 55.3 Å². The van der Waals surface area contributed by atoms with Gasteiger partial charge in [-0.25, -0.2) is 4.79 Å². The second-order valence-corrected chi connectivity index (χ2v) is 5.86. The van der Waals surface area contributed by atoms with Crippen LogP contribution in [0.4, 0.5) is 0 Å². The van der Waals surface area contributed by atoms with E-state index in [1.165, 1.54) is 0 Å². The molecule has 1 N–H and O–H groups in total. The summed E-state index contributed by atoms with van der Waals surface area (Å²) in [4.78, 5) is 21.6. The maximum absolute atomic E-state index is 11.2. The molecular weight excluding hydrogens is 258 g/mol. The molecule has 0 unspecified atom stereocenters. The van der Waals surface area contributed by atoms with Crippen molar-refractivity contribution in [3.05, 3.63) is 12.2 Å². The lowest BCUT2D eigenvalue weighted by Gasteiger charge is -2.29. The van der Waals surface area contributed by atoms with Crippen LogP contribution in [0.25, 0.3) is 0 Å². The van der Waals surface area contributed by atoms with Gasteiger partial charge in [-0.2, -0.15) is 0 Å². The van der Waals surface area contributed by atoms with Crippen molar-refractivity contribution in [2.75, 3.05) is 33.8 Å². The Morgan fingerprint density at radius 1 is 1.10 bits per heavy atom. The number of carboxylic acid groups (broad SMARTS) is 1. The molecule has 0 amide bonds. The van der Waals surface area contributed by atoms with Crippen molar-refractivity contribution in [2.45, 2.75) is 39.0 Å². The quantitative estimate of drug-likeness (QED) is 0.274. The molecule has 0 aromatic rings. The van der Waals surface area contributed by atoms with Crippen LogP contribution in [-0.2, 0) is 14.3 Å². The summed E-state index contributed by atoms with van der Waals surface area (Å²) >= 11 is 0. The molecule has 5 nitrogen and oxygen atoms in total. The molecule has 0 aromatic carbocycles. The van der Waals surface area contributed by atoms with E-state index in [0.717, 1.165) is 43.3 Å². The van der Waals surface area contributed by atoms with Crippen LogP contribution in [0.15, 0.2) is 12.2 Å². The Balaban J connectivity index is 3.66. The number of aliphatic carboxylic acids is 1. The smallest absolute Gasteiger partial charge is 0.333 e. The standard InChI is InChI=1S/C15H27NO4/c1-13(2)15(19)20-12-8-11-16(3,4)10-7-5-6-9-14(17)18/h1,5-12H2,2-4H3/p+1. The SMILES string of the molecule is C=C(C)C(=O)OCCC[N+](C)(C)CCCCCC(=O)O. The summed E-state index contributed by atoms with van der Waals surface area (Å²) < 4.78 is 5.91. The molecule has 0 saturated carbocycles. The molecule has 0 heterocycles. The molecule has 0 bridgehead atoms. The number of carbonyl (C=O) groups is 2. The summed E-state index contributed by atoms with van der Waals surface area (Å²) in [5.74, 6) is -1.05. The number of hydrogen-bond donors (Lipinski definition) is 1. The fraction of sp³-hybridized carbons (Fsp3) is 0.733. The van der Waals surface area contributed by atoms with Crippen LogP contribution in [0.2, 0.25) is 0 Å². The van der Waals surface area contributed by atoms with Gasteiger partial charge < -0.3 is 14.3 Å². The topological polar surface area (TPSA) is 63.6 Å². The summed E-state index contributed by atoms with van der Waals surface area (Å²) in [6.45, 7) is 7.53. The lowest BCUT2D eigenvalue weighted by Crippen LogP contribution is -2.41. The minimum absolute atomic E-state index is 0.254. The first-order valence-corrected chi connectivity index (χ1v) is 7.11. The van der Waals surface area contributed by atoms with Crippen molar-refractivity contribution < 1.29 is 23.9 Å². The van der Waals surface area contributed by atoms with Crippen LogP contribution in [0.5, 0.6) is 0 Å². The van der Waals surface area contributed by atoms with E-state index in [0.29, 0.717) is 12.2 Å². The highest BCUT2D eigenvalue weighted by atomic mass is 16.5. The third-order valence-corrected chi connectivity index (χ3v) is 3.14. The number of rotatable bonds is 11. The first-order valence-electron chi connectivity index (χ1n) is 7.11. The summed E-state index contributed by atoms with van der Waals surface area (Å²) in [7, 11) is 4.27. The summed E-state index contributed by atoms with van der Waals surface area (Å²) in [5, 5.41) is 8.55. The van der Waals surface area contributed by atoms with Gasteiger partial charge in [0, 0.05) is 18.4 Å². The van der Waals surface area contributed by atoms with Gasteiger partial charge in [0.15, 0.2) is 0 Å². The van der Waals surface area contributed by atoms with Gasteiger partial charge in [-0.1, -0.05) is 6.58 Å². The Bertz CT molecular complexity index is 337. The minimum Gasteiger partial charge on any atom is -0.481 e. The number of nitrogens with zero attached hydrogens (tertiary/aromatic N) is 1. The van der Waals surface area contributed by atoms with Crippen LogP contribution in [0.1, 0.15) is 39.0 Å². The maximum atomic E-state index is 11.2. The number of quaternary nitrogens is 1. The monoisotopic (exact) mass is 286 g/mol. The Hall–Kier alpha value is -1.36. The summed E-state index contributed by atoms with van der Waals surface area (Å²) in [6, 6.07) is 0. The van der Waals surface area contributed by atoms with E-state index in [2.05, 4.69) is 20.7 Å². The Morgan fingerprint density at radius 3 is 2.25 bits per heavy atom. The van der Waals surface area contributed by atoms with Crippen molar-refractivity contribution >= 4 is 11.9 Å². The van der Waals surface area contributed by atoms with Gasteiger partial charge in [-0.3, -0.25) is 4.79 Å². The van der Waals surface area contributed by atoms with E-state index in [4.69, 9.17) is 9.84 Å². The molecule has 0 spiro atoms. The second kappa shape index (κ2) is 9.53. The molecule has 0 aliphatic carbocycles.